The highest BCUT2D eigenvalue weighted by atomic mass is 35.7. The molecular formula is C6H4Cl2F2N2O2S. The van der Waals surface area contributed by atoms with Crippen LogP contribution in [0.25, 0.3) is 0 Å². The fourth-order valence-electron chi connectivity index (χ4n) is 0.888. The molecule has 1 aromatic rings. The van der Waals surface area contributed by atoms with Crippen molar-refractivity contribution in [2.45, 2.75) is 11.3 Å². The highest BCUT2D eigenvalue weighted by Gasteiger charge is 2.23. The number of halogens is 4. The monoisotopic (exact) mass is 276 g/mol. The number of hydrogen-bond donors (Lipinski definition) is 1. The van der Waals surface area contributed by atoms with Gasteiger partial charge in [-0.25, -0.2) is 22.2 Å². The van der Waals surface area contributed by atoms with E-state index in [4.69, 9.17) is 28.0 Å². The molecule has 0 radical (unpaired) electrons. The summed E-state index contributed by atoms with van der Waals surface area (Å²) in [5.74, 6) is 0. The standard InChI is InChI=1S/C6H4Cl2F2N2O2S/c7-3-1-2(15(8,13)14)4(11)5(12-3)6(9)10/h1,6H,11H2. The second kappa shape index (κ2) is 4.07. The largest absolute Gasteiger partial charge is 0.396 e. The Balaban J connectivity index is 3.56. The van der Waals surface area contributed by atoms with Crippen LogP contribution in [0, 0.1) is 0 Å². The van der Waals surface area contributed by atoms with Crippen LogP contribution in [0.3, 0.4) is 0 Å². The summed E-state index contributed by atoms with van der Waals surface area (Å²) in [6.07, 6.45) is -3.03. The van der Waals surface area contributed by atoms with Crippen LogP contribution in [0.4, 0.5) is 14.5 Å². The third-order valence-electron chi connectivity index (χ3n) is 1.49. The van der Waals surface area contributed by atoms with Gasteiger partial charge in [0.05, 0.1) is 5.69 Å². The number of anilines is 1. The van der Waals surface area contributed by atoms with E-state index in [1.807, 2.05) is 0 Å². The minimum Gasteiger partial charge on any atom is -0.396 e. The quantitative estimate of drug-likeness (QED) is 0.664. The van der Waals surface area contributed by atoms with Gasteiger partial charge < -0.3 is 5.73 Å². The fraction of sp³-hybridized carbons (Fsp3) is 0.167. The second-order valence-electron chi connectivity index (χ2n) is 2.48. The van der Waals surface area contributed by atoms with Crippen molar-refractivity contribution in [3.8, 4) is 0 Å². The zero-order valence-corrected chi connectivity index (χ0v) is 9.24. The van der Waals surface area contributed by atoms with Gasteiger partial charge in [0, 0.05) is 10.7 Å². The van der Waals surface area contributed by atoms with Crippen molar-refractivity contribution in [2.75, 3.05) is 5.73 Å². The molecule has 0 bridgehead atoms. The number of aromatic nitrogens is 1. The molecule has 1 rings (SSSR count). The van der Waals surface area contributed by atoms with Crippen molar-refractivity contribution >= 4 is 37.0 Å². The van der Waals surface area contributed by atoms with Crippen molar-refractivity contribution in [2.24, 2.45) is 0 Å². The van der Waals surface area contributed by atoms with E-state index in [9.17, 15) is 17.2 Å². The summed E-state index contributed by atoms with van der Waals surface area (Å²) in [4.78, 5) is 2.55. The van der Waals surface area contributed by atoms with Crippen LogP contribution in [0.15, 0.2) is 11.0 Å². The van der Waals surface area contributed by atoms with E-state index in [0.717, 1.165) is 6.07 Å². The number of hydrogen-bond acceptors (Lipinski definition) is 4. The molecule has 2 N–H and O–H groups in total. The smallest absolute Gasteiger partial charge is 0.282 e. The molecule has 0 aliphatic heterocycles. The Morgan fingerprint density at radius 1 is 1.47 bits per heavy atom. The Labute approximate surface area is 93.4 Å². The van der Waals surface area contributed by atoms with Gasteiger partial charge in [0.25, 0.3) is 15.5 Å². The van der Waals surface area contributed by atoms with Gasteiger partial charge in [-0.15, -0.1) is 0 Å². The maximum atomic E-state index is 12.3. The first kappa shape index (κ1) is 12.4. The molecule has 4 nitrogen and oxygen atoms in total. The zero-order chi connectivity index (χ0) is 11.8. The van der Waals surface area contributed by atoms with Gasteiger partial charge in [-0.2, -0.15) is 0 Å². The summed E-state index contributed by atoms with van der Waals surface area (Å²) in [5.41, 5.74) is 3.58. The Bertz CT molecular complexity index is 492. The Kier molecular flexibility index (Phi) is 3.37. The molecule has 0 fully saturated rings. The molecule has 1 heterocycles. The average Bonchev–Trinajstić information content (AvgIpc) is 2.06. The third-order valence-corrected chi connectivity index (χ3v) is 3.04. The molecule has 0 saturated carbocycles. The number of alkyl halides is 2. The molecule has 84 valence electrons. The lowest BCUT2D eigenvalue weighted by Crippen LogP contribution is -2.05. The first-order chi connectivity index (χ1) is 6.73. The molecule has 0 aromatic carbocycles. The summed E-state index contributed by atoms with van der Waals surface area (Å²) in [6, 6.07) is 0.811. The number of rotatable bonds is 2. The lowest BCUT2D eigenvalue weighted by atomic mass is 10.3. The van der Waals surface area contributed by atoms with Crippen molar-refractivity contribution in [3.63, 3.8) is 0 Å². The Hall–Kier alpha value is -0.660. The minimum absolute atomic E-state index is 0.418. The van der Waals surface area contributed by atoms with Gasteiger partial charge in [-0.3, -0.25) is 0 Å². The van der Waals surface area contributed by atoms with Crippen molar-refractivity contribution < 1.29 is 17.2 Å². The molecule has 1 aromatic heterocycles. The van der Waals surface area contributed by atoms with Crippen LogP contribution in [-0.4, -0.2) is 13.4 Å². The number of pyridine rings is 1. The van der Waals surface area contributed by atoms with E-state index in [1.54, 1.807) is 0 Å². The third kappa shape index (κ3) is 2.67. The van der Waals surface area contributed by atoms with E-state index >= 15 is 0 Å². The molecule has 0 aliphatic carbocycles. The summed E-state index contributed by atoms with van der Waals surface area (Å²) in [6.45, 7) is 0. The second-order valence-corrected chi connectivity index (χ2v) is 5.40. The van der Waals surface area contributed by atoms with Crippen LogP contribution in [0.5, 0.6) is 0 Å². The molecule has 15 heavy (non-hydrogen) atoms. The minimum atomic E-state index is -4.22. The van der Waals surface area contributed by atoms with Crippen molar-refractivity contribution in [1.82, 2.24) is 4.98 Å². The van der Waals surface area contributed by atoms with Crippen LogP contribution in [-0.2, 0) is 9.05 Å². The van der Waals surface area contributed by atoms with Crippen LogP contribution in [0.1, 0.15) is 12.1 Å². The number of nitrogens with two attached hydrogens (primary N) is 1. The molecule has 9 heteroatoms. The van der Waals surface area contributed by atoms with Crippen LogP contribution in [0.2, 0.25) is 5.15 Å². The maximum absolute atomic E-state index is 12.3. The lowest BCUT2D eigenvalue weighted by molar-refractivity contribution is 0.147. The molecule has 0 aliphatic rings. The average molecular weight is 277 g/mol. The van der Waals surface area contributed by atoms with E-state index in [1.165, 1.54) is 0 Å². The van der Waals surface area contributed by atoms with Crippen molar-refractivity contribution in [3.05, 3.63) is 16.9 Å². The Morgan fingerprint density at radius 2 is 2.00 bits per heavy atom. The van der Waals surface area contributed by atoms with Gasteiger partial charge in [0.1, 0.15) is 15.7 Å². The van der Waals surface area contributed by atoms with Crippen molar-refractivity contribution in [1.29, 1.82) is 0 Å². The predicted octanol–water partition coefficient (Wildman–Crippen LogP) is 2.18. The summed E-state index contributed by atoms with van der Waals surface area (Å²) in [7, 11) is 0.751. The lowest BCUT2D eigenvalue weighted by Gasteiger charge is -2.07. The molecule has 0 atom stereocenters. The van der Waals surface area contributed by atoms with Crippen LogP contribution < -0.4 is 5.73 Å². The molecule has 0 saturated heterocycles. The normalized spacial score (nSPS) is 12.1. The zero-order valence-electron chi connectivity index (χ0n) is 6.92. The predicted molar refractivity (Wildman–Crippen MR) is 51.7 cm³/mol. The molecule has 0 spiro atoms. The van der Waals surface area contributed by atoms with E-state index in [0.29, 0.717) is 0 Å². The van der Waals surface area contributed by atoms with E-state index < -0.39 is 36.9 Å². The molecular weight excluding hydrogens is 273 g/mol. The van der Waals surface area contributed by atoms with Crippen LogP contribution >= 0.6 is 22.3 Å². The first-order valence-electron chi connectivity index (χ1n) is 3.42. The number of nitrogen functional groups attached to an aromatic ring is 1. The molecule has 0 amide bonds. The summed E-state index contributed by atoms with van der Waals surface area (Å²) >= 11 is 5.35. The summed E-state index contributed by atoms with van der Waals surface area (Å²) < 4.78 is 46.5. The highest BCUT2D eigenvalue weighted by Crippen LogP contribution is 2.32. The van der Waals surface area contributed by atoms with Gasteiger partial charge >= 0.3 is 0 Å². The SMILES string of the molecule is Nc1c(S(=O)(=O)Cl)cc(Cl)nc1C(F)F. The van der Waals surface area contributed by atoms with E-state index in [2.05, 4.69) is 4.98 Å². The van der Waals surface area contributed by atoms with E-state index in [-0.39, 0.29) is 0 Å². The molecule has 0 unspecified atom stereocenters. The topological polar surface area (TPSA) is 73.1 Å². The van der Waals surface area contributed by atoms with Gasteiger partial charge in [0.15, 0.2) is 0 Å². The summed E-state index contributed by atoms with van der Waals surface area (Å²) in [5, 5.41) is -0.418. The van der Waals surface area contributed by atoms with Gasteiger partial charge in [-0.1, -0.05) is 11.6 Å². The number of nitrogens with zero attached hydrogens (tertiary/aromatic N) is 1. The van der Waals surface area contributed by atoms with Gasteiger partial charge in [0.2, 0.25) is 0 Å². The fourth-order valence-corrected chi connectivity index (χ4v) is 2.16. The highest BCUT2D eigenvalue weighted by molar-refractivity contribution is 8.13. The maximum Gasteiger partial charge on any atom is 0.282 e. The van der Waals surface area contributed by atoms with Gasteiger partial charge in [-0.05, 0) is 6.07 Å². The first-order valence-corrected chi connectivity index (χ1v) is 6.11. The Morgan fingerprint density at radius 3 is 2.40 bits per heavy atom.